The Balaban J connectivity index is 1.86. The first-order chi connectivity index (χ1) is 11.5. The monoisotopic (exact) mass is 334 g/mol. The Kier molecular flexibility index (Phi) is 6.17. The quantitative estimate of drug-likeness (QED) is 0.718. The van der Waals surface area contributed by atoms with Gasteiger partial charge in [0.15, 0.2) is 0 Å². The van der Waals surface area contributed by atoms with E-state index in [9.17, 15) is 14.4 Å². The summed E-state index contributed by atoms with van der Waals surface area (Å²) in [5.74, 6) is -1.52. The molecule has 2 rings (SSSR count). The zero-order valence-electron chi connectivity index (χ0n) is 13.6. The highest BCUT2D eigenvalue weighted by Gasteiger charge is 2.26. The number of hydrogen-bond donors (Lipinski definition) is 3. The van der Waals surface area contributed by atoms with Crippen molar-refractivity contribution in [3.8, 4) is 0 Å². The molecule has 1 aromatic rings. The number of carboxylic acid groups (broad SMARTS) is 1. The maximum Gasteiger partial charge on any atom is 0.338 e. The Bertz CT molecular complexity index is 609. The van der Waals surface area contributed by atoms with Crippen LogP contribution in [0.5, 0.6) is 0 Å². The van der Waals surface area contributed by atoms with Gasteiger partial charge in [0, 0.05) is 11.7 Å². The van der Waals surface area contributed by atoms with E-state index in [0.29, 0.717) is 36.9 Å². The maximum atomic E-state index is 12.0. The highest BCUT2D eigenvalue weighted by Crippen LogP contribution is 2.24. The summed E-state index contributed by atoms with van der Waals surface area (Å²) in [5, 5.41) is 14.5. The van der Waals surface area contributed by atoms with Crippen LogP contribution in [0.1, 0.15) is 43.0 Å². The molecule has 0 bridgehead atoms. The number of ether oxygens (including phenoxy) is 1. The van der Waals surface area contributed by atoms with Gasteiger partial charge in [-0.15, -0.1) is 0 Å². The van der Waals surface area contributed by atoms with Crippen LogP contribution in [0.4, 0.5) is 10.5 Å². The maximum absolute atomic E-state index is 12.0. The molecule has 3 N–H and O–H groups in total. The second-order valence-electron chi connectivity index (χ2n) is 5.79. The number of carboxylic acids is 1. The Labute approximate surface area is 140 Å². The molecule has 0 unspecified atom stereocenters. The van der Waals surface area contributed by atoms with Crippen molar-refractivity contribution in [1.29, 1.82) is 0 Å². The summed E-state index contributed by atoms with van der Waals surface area (Å²) in [6.45, 7) is 2.02. The minimum absolute atomic E-state index is 0.0335. The summed E-state index contributed by atoms with van der Waals surface area (Å²) in [6.07, 6.45) is 2.43. The molecule has 0 saturated heterocycles. The van der Waals surface area contributed by atoms with Crippen molar-refractivity contribution >= 4 is 23.7 Å². The Morgan fingerprint density at radius 1 is 1.21 bits per heavy atom. The molecule has 0 atom stereocenters. The van der Waals surface area contributed by atoms with E-state index in [-0.39, 0.29) is 24.6 Å². The van der Waals surface area contributed by atoms with Gasteiger partial charge in [0.2, 0.25) is 0 Å². The highest BCUT2D eigenvalue weighted by molar-refractivity contribution is 5.94. The van der Waals surface area contributed by atoms with E-state index < -0.39 is 11.9 Å². The van der Waals surface area contributed by atoms with Crippen LogP contribution in [-0.2, 0) is 9.53 Å². The van der Waals surface area contributed by atoms with Crippen molar-refractivity contribution in [3.05, 3.63) is 29.8 Å². The molecule has 7 heteroatoms. The van der Waals surface area contributed by atoms with Crippen molar-refractivity contribution in [2.24, 2.45) is 5.92 Å². The number of aliphatic carboxylic acids is 1. The lowest BCUT2D eigenvalue weighted by molar-refractivity contribution is -0.142. The lowest BCUT2D eigenvalue weighted by atomic mass is 9.86. The smallest absolute Gasteiger partial charge is 0.338 e. The van der Waals surface area contributed by atoms with Gasteiger partial charge < -0.3 is 20.5 Å². The molecule has 7 nitrogen and oxygen atoms in total. The standard InChI is InChI=1S/C17H22N2O5/c1-2-24-16(22)12-4-3-5-14(10-12)19-17(23)18-13-8-6-11(7-9-13)15(20)21/h3-5,10-11,13H,2,6-9H2,1H3,(H,20,21)(H2,18,19,23). The molecule has 1 aliphatic carbocycles. The van der Waals surface area contributed by atoms with Crippen molar-refractivity contribution in [3.63, 3.8) is 0 Å². The fourth-order valence-corrected chi connectivity index (χ4v) is 2.78. The van der Waals surface area contributed by atoms with Gasteiger partial charge in [-0.3, -0.25) is 4.79 Å². The fraction of sp³-hybridized carbons (Fsp3) is 0.471. The second-order valence-corrected chi connectivity index (χ2v) is 5.79. The van der Waals surface area contributed by atoms with Crippen LogP contribution in [0.3, 0.4) is 0 Å². The molecule has 130 valence electrons. The Morgan fingerprint density at radius 3 is 2.54 bits per heavy atom. The van der Waals surface area contributed by atoms with E-state index in [2.05, 4.69) is 10.6 Å². The predicted octanol–water partition coefficient (Wildman–Crippen LogP) is 2.63. The van der Waals surface area contributed by atoms with Crippen molar-refractivity contribution in [2.45, 2.75) is 38.6 Å². The summed E-state index contributed by atoms with van der Waals surface area (Å²) in [7, 11) is 0. The average molecular weight is 334 g/mol. The molecule has 0 aromatic heterocycles. The number of rotatable bonds is 5. The SMILES string of the molecule is CCOC(=O)c1cccc(NC(=O)NC2CCC(C(=O)O)CC2)c1. The van der Waals surface area contributed by atoms with Gasteiger partial charge in [0.1, 0.15) is 0 Å². The van der Waals surface area contributed by atoms with Crippen LogP contribution in [0.15, 0.2) is 24.3 Å². The lowest BCUT2D eigenvalue weighted by Gasteiger charge is -2.26. The number of amides is 2. The third kappa shape index (κ3) is 4.97. The topological polar surface area (TPSA) is 105 Å². The third-order valence-corrected chi connectivity index (χ3v) is 4.04. The van der Waals surface area contributed by atoms with Gasteiger partial charge in [0.05, 0.1) is 18.1 Å². The van der Waals surface area contributed by atoms with E-state index in [1.807, 2.05) is 0 Å². The first kappa shape index (κ1) is 17.8. The van der Waals surface area contributed by atoms with Gasteiger partial charge >= 0.3 is 18.0 Å². The highest BCUT2D eigenvalue weighted by atomic mass is 16.5. The average Bonchev–Trinajstić information content (AvgIpc) is 2.55. The number of urea groups is 1. The number of anilines is 1. The van der Waals surface area contributed by atoms with Crippen LogP contribution in [0, 0.1) is 5.92 Å². The molecule has 1 aliphatic rings. The summed E-state index contributed by atoms with van der Waals surface area (Å²) in [5.41, 5.74) is 0.869. The van der Waals surface area contributed by atoms with Gasteiger partial charge in [-0.05, 0) is 50.8 Å². The summed E-state index contributed by atoms with van der Waals surface area (Å²) >= 11 is 0. The molecule has 0 radical (unpaired) electrons. The van der Waals surface area contributed by atoms with E-state index in [1.165, 1.54) is 0 Å². The number of carbonyl (C=O) groups excluding carboxylic acids is 2. The van der Waals surface area contributed by atoms with Crippen LogP contribution in [0.2, 0.25) is 0 Å². The molecule has 24 heavy (non-hydrogen) atoms. The van der Waals surface area contributed by atoms with Crippen LogP contribution >= 0.6 is 0 Å². The van der Waals surface area contributed by atoms with Gasteiger partial charge in [0.25, 0.3) is 0 Å². The molecule has 1 saturated carbocycles. The van der Waals surface area contributed by atoms with Gasteiger partial charge in [-0.1, -0.05) is 6.07 Å². The largest absolute Gasteiger partial charge is 0.481 e. The zero-order valence-corrected chi connectivity index (χ0v) is 13.6. The molecule has 0 heterocycles. The van der Waals surface area contributed by atoms with Crippen LogP contribution in [0.25, 0.3) is 0 Å². The minimum atomic E-state index is -0.770. The first-order valence-corrected chi connectivity index (χ1v) is 8.07. The Morgan fingerprint density at radius 2 is 1.92 bits per heavy atom. The lowest BCUT2D eigenvalue weighted by Crippen LogP contribution is -2.41. The first-order valence-electron chi connectivity index (χ1n) is 8.07. The molecule has 1 aromatic carbocycles. The van der Waals surface area contributed by atoms with Crippen molar-refractivity contribution in [1.82, 2.24) is 5.32 Å². The molecule has 1 fully saturated rings. The third-order valence-electron chi connectivity index (χ3n) is 4.04. The fourth-order valence-electron chi connectivity index (χ4n) is 2.78. The van der Waals surface area contributed by atoms with Crippen LogP contribution in [-0.4, -0.2) is 35.7 Å². The van der Waals surface area contributed by atoms with Crippen molar-refractivity contribution < 1.29 is 24.2 Å². The molecular formula is C17H22N2O5. The normalized spacial score (nSPS) is 20.0. The number of carbonyl (C=O) groups is 3. The molecule has 2 amide bonds. The number of esters is 1. The Hall–Kier alpha value is -2.57. The second kappa shape index (κ2) is 8.33. The van der Waals surface area contributed by atoms with E-state index in [4.69, 9.17) is 9.84 Å². The minimum Gasteiger partial charge on any atom is -0.481 e. The molecule has 0 aliphatic heterocycles. The van der Waals surface area contributed by atoms with E-state index in [1.54, 1.807) is 31.2 Å². The van der Waals surface area contributed by atoms with Crippen molar-refractivity contribution in [2.75, 3.05) is 11.9 Å². The summed E-state index contributed by atoms with van der Waals surface area (Å²) in [6, 6.07) is 6.13. The number of hydrogen-bond acceptors (Lipinski definition) is 4. The van der Waals surface area contributed by atoms with E-state index in [0.717, 1.165) is 0 Å². The summed E-state index contributed by atoms with van der Waals surface area (Å²) < 4.78 is 4.92. The number of benzene rings is 1. The van der Waals surface area contributed by atoms with E-state index >= 15 is 0 Å². The summed E-state index contributed by atoms with van der Waals surface area (Å²) in [4.78, 5) is 34.7. The zero-order chi connectivity index (χ0) is 17.5. The molecular weight excluding hydrogens is 312 g/mol. The van der Waals surface area contributed by atoms with Gasteiger partial charge in [-0.25, -0.2) is 9.59 Å². The van der Waals surface area contributed by atoms with Gasteiger partial charge in [-0.2, -0.15) is 0 Å². The number of nitrogens with one attached hydrogen (secondary N) is 2. The molecule has 0 spiro atoms. The van der Waals surface area contributed by atoms with Crippen LogP contribution < -0.4 is 10.6 Å². The predicted molar refractivity (Wildman–Crippen MR) is 87.9 cm³/mol.